The van der Waals surface area contributed by atoms with Crippen LogP contribution >= 0.6 is 0 Å². The fraction of sp³-hybridized carbons (Fsp3) is 0. The molecule has 1 heterocycles. The molecular weight excluding hydrogens is 352 g/mol. The lowest BCUT2D eigenvalue weighted by Crippen LogP contribution is -2.20. The number of hydrogen-bond acceptors (Lipinski definition) is 7. The Hall–Kier alpha value is -3.31. The van der Waals surface area contributed by atoms with Crippen molar-refractivity contribution in [1.29, 1.82) is 0 Å². The molecule has 0 bridgehead atoms. The zero-order valence-corrected chi connectivity index (χ0v) is 13.1. The highest BCUT2D eigenvalue weighted by Gasteiger charge is 2.20. The average Bonchev–Trinajstić information content (AvgIpc) is 2.52. The standard InChI is InChI=1S/C14H10N4O6S/c19-12-10(13(20)16-14(21)15-12)18-17-9-6-5-7-3-1-2-4-8(7)11(9)25(22,23)24/h1-6H,(H,22,23,24)(H3,15,16,19,20,21). The van der Waals surface area contributed by atoms with Crippen LogP contribution in [0.3, 0.4) is 0 Å². The molecule has 0 fully saturated rings. The van der Waals surface area contributed by atoms with Crippen molar-refractivity contribution in [2.24, 2.45) is 10.2 Å². The van der Waals surface area contributed by atoms with Crippen LogP contribution in [0.25, 0.3) is 10.8 Å². The molecule has 0 atom stereocenters. The number of benzene rings is 2. The highest BCUT2D eigenvalue weighted by atomic mass is 32.2. The summed E-state index contributed by atoms with van der Waals surface area (Å²) in [5, 5.41) is 17.4. The van der Waals surface area contributed by atoms with Crippen LogP contribution in [0.4, 0.5) is 11.4 Å². The van der Waals surface area contributed by atoms with Crippen molar-refractivity contribution in [2.75, 3.05) is 0 Å². The lowest BCUT2D eigenvalue weighted by molar-refractivity contribution is 0.450. The van der Waals surface area contributed by atoms with Gasteiger partial charge < -0.3 is 5.11 Å². The Balaban J connectivity index is 2.24. The molecule has 0 amide bonds. The minimum Gasteiger partial charge on any atom is -0.493 e. The minimum absolute atomic E-state index is 0.209. The molecule has 0 aliphatic rings. The molecule has 25 heavy (non-hydrogen) atoms. The number of azo groups is 1. The summed E-state index contributed by atoms with van der Waals surface area (Å²) in [5.41, 5.74) is -2.81. The number of nitrogens with one attached hydrogen (secondary N) is 2. The van der Waals surface area contributed by atoms with Gasteiger partial charge in [-0.15, -0.1) is 10.2 Å². The van der Waals surface area contributed by atoms with Gasteiger partial charge in [-0.05, 0) is 11.5 Å². The number of rotatable bonds is 3. The van der Waals surface area contributed by atoms with Gasteiger partial charge in [0.2, 0.25) is 11.6 Å². The smallest absolute Gasteiger partial charge is 0.328 e. The van der Waals surface area contributed by atoms with Crippen LogP contribution in [0.2, 0.25) is 0 Å². The van der Waals surface area contributed by atoms with Crippen molar-refractivity contribution in [1.82, 2.24) is 9.97 Å². The third-order valence-corrected chi connectivity index (χ3v) is 4.22. The lowest BCUT2D eigenvalue weighted by Gasteiger charge is -2.06. The molecular formula is C14H10N4O6S. The van der Waals surface area contributed by atoms with E-state index in [2.05, 4.69) is 10.2 Å². The van der Waals surface area contributed by atoms with Gasteiger partial charge in [0, 0.05) is 5.39 Å². The molecule has 0 unspecified atom stereocenters. The van der Waals surface area contributed by atoms with Crippen LogP contribution in [0, 0.1) is 0 Å². The summed E-state index contributed by atoms with van der Waals surface area (Å²) in [4.78, 5) is 25.9. The van der Waals surface area contributed by atoms with Crippen molar-refractivity contribution < 1.29 is 18.1 Å². The fourth-order valence-corrected chi connectivity index (χ4v) is 3.08. The Kier molecular flexibility index (Phi) is 3.94. The number of hydrogen-bond donors (Lipinski definition) is 4. The Morgan fingerprint density at radius 3 is 2.36 bits per heavy atom. The quantitative estimate of drug-likeness (QED) is 0.408. The molecule has 0 aliphatic carbocycles. The lowest BCUT2D eigenvalue weighted by atomic mass is 10.1. The Labute approximate surface area is 139 Å². The van der Waals surface area contributed by atoms with E-state index in [0.29, 0.717) is 5.39 Å². The van der Waals surface area contributed by atoms with Crippen LogP contribution < -0.4 is 11.2 Å². The second-order valence-corrected chi connectivity index (χ2v) is 6.27. The first-order chi connectivity index (χ1) is 11.8. The van der Waals surface area contributed by atoms with Gasteiger partial charge >= 0.3 is 5.69 Å². The molecule has 128 valence electrons. The molecule has 3 aromatic rings. The van der Waals surface area contributed by atoms with Crippen molar-refractivity contribution in [3.63, 3.8) is 0 Å². The summed E-state index contributed by atoms with van der Waals surface area (Å²) in [6.45, 7) is 0. The van der Waals surface area contributed by atoms with Crippen LogP contribution in [-0.4, -0.2) is 28.0 Å². The van der Waals surface area contributed by atoms with E-state index in [9.17, 15) is 27.7 Å². The third kappa shape index (κ3) is 3.18. The SMILES string of the molecule is O=c1[nH]c(O)c(N=Nc2ccc3ccccc3c2S(=O)(=O)O)c(=O)[nH]1. The van der Waals surface area contributed by atoms with Crippen LogP contribution in [0.15, 0.2) is 61.1 Å². The summed E-state index contributed by atoms with van der Waals surface area (Å²) >= 11 is 0. The molecule has 11 heteroatoms. The zero-order valence-electron chi connectivity index (χ0n) is 12.3. The maximum Gasteiger partial charge on any atom is 0.328 e. The van der Waals surface area contributed by atoms with E-state index in [-0.39, 0.29) is 11.1 Å². The van der Waals surface area contributed by atoms with Crippen molar-refractivity contribution in [3.05, 3.63) is 57.2 Å². The van der Waals surface area contributed by atoms with Crippen molar-refractivity contribution >= 4 is 32.3 Å². The van der Waals surface area contributed by atoms with Gasteiger partial charge in [0.15, 0.2) is 0 Å². The predicted molar refractivity (Wildman–Crippen MR) is 87.3 cm³/mol. The Bertz CT molecular complexity index is 1230. The highest BCUT2D eigenvalue weighted by Crippen LogP contribution is 2.33. The first-order valence-electron chi connectivity index (χ1n) is 6.74. The summed E-state index contributed by atoms with van der Waals surface area (Å²) in [7, 11) is -4.65. The van der Waals surface area contributed by atoms with E-state index < -0.39 is 37.8 Å². The van der Waals surface area contributed by atoms with E-state index in [4.69, 9.17) is 0 Å². The van der Waals surface area contributed by atoms with E-state index >= 15 is 0 Å². The summed E-state index contributed by atoms with van der Waals surface area (Å²) < 4.78 is 33.0. The van der Waals surface area contributed by atoms with E-state index in [1.807, 2.05) is 9.97 Å². The van der Waals surface area contributed by atoms with Crippen molar-refractivity contribution in [3.8, 4) is 5.88 Å². The number of aromatic nitrogens is 2. The molecule has 0 spiro atoms. The molecule has 0 saturated heterocycles. The first kappa shape index (κ1) is 16.5. The van der Waals surface area contributed by atoms with Gasteiger partial charge in [-0.2, -0.15) is 8.42 Å². The van der Waals surface area contributed by atoms with E-state index in [1.165, 1.54) is 12.1 Å². The fourth-order valence-electron chi connectivity index (χ4n) is 2.25. The zero-order chi connectivity index (χ0) is 18.2. The maximum absolute atomic E-state index is 11.7. The minimum atomic E-state index is -4.65. The van der Waals surface area contributed by atoms with Crippen LogP contribution in [0.1, 0.15) is 0 Å². The van der Waals surface area contributed by atoms with Crippen LogP contribution in [0.5, 0.6) is 5.88 Å². The average molecular weight is 362 g/mol. The van der Waals surface area contributed by atoms with Crippen LogP contribution in [-0.2, 0) is 10.1 Å². The van der Waals surface area contributed by atoms with Gasteiger partial charge in [-0.1, -0.05) is 30.3 Å². The molecule has 0 saturated carbocycles. The molecule has 4 N–H and O–H groups in total. The first-order valence-corrected chi connectivity index (χ1v) is 8.18. The highest BCUT2D eigenvalue weighted by molar-refractivity contribution is 7.86. The Morgan fingerprint density at radius 2 is 1.68 bits per heavy atom. The number of nitrogens with zero attached hydrogens (tertiary/aromatic N) is 2. The van der Waals surface area contributed by atoms with Gasteiger partial charge in [0.1, 0.15) is 10.6 Å². The largest absolute Gasteiger partial charge is 0.493 e. The topological polar surface area (TPSA) is 165 Å². The second-order valence-electron chi connectivity index (χ2n) is 4.92. The molecule has 1 aromatic heterocycles. The number of fused-ring (bicyclic) bond motifs is 1. The number of H-pyrrole nitrogens is 2. The molecule has 0 aliphatic heterocycles. The maximum atomic E-state index is 11.7. The number of aromatic amines is 2. The molecule has 0 radical (unpaired) electrons. The van der Waals surface area contributed by atoms with Crippen molar-refractivity contribution in [2.45, 2.75) is 4.90 Å². The monoisotopic (exact) mass is 362 g/mol. The number of aromatic hydroxyl groups is 1. The van der Waals surface area contributed by atoms with Gasteiger partial charge in [-0.25, -0.2) is 4.79 Å². The third-order valence-electron chi connectivity index (χ3n) is 3.27. The normalized spacial score (nSPS) is 12.0. The predicted octanol–water partition coefficient (Wildman–Crippen LogP) is 1.58. The second kappa shape index (κ2) is 5.96. The van der Waals surface area contributed by atoms with E-state index in [1.54, 1.807) is 24.3 Å². The summed E-state index contributed by atoms with van der Waals surface area (Å²) in [6.07, 6.45) is 0. The molecule has 2 aromatic carbocycles. The summed E-state index contributed by atoms with van der Waals surface area (Å²) in [5.74, 6) is -0.827. The van der Waals surface area contributed by atoms with Gasteiger partial charge in [0.05, 0.1) is 0 Å². The molecule has 3 rings (SSSR count). The van der Waals surface area contributed by atoms with Gasteiger partial charge in [-0.3, -0.25) is 19.3 Å². The Morgan fingerprint density at radius 1 is 0.960 bits per heavy atom. The van der Waals surface area contributed by atoms with E-state index in [0.717, 1.165) is 0 Å². The van der Waals surface area contributed by atoms with Gasteiger partial charge in [0.25, 0.3) is 15.7 Å². The molecule has 10 nitrogen and oxygen atoms in total. The summed E-state index contributed by atoms with van der Waals surface area (Å²) in [6, 6.07) is 9.22.